The molecule has 0 saturated carbocycles. The number of thiophene rings is 1. The van der Waals surface area contributed by atoms with E-state index in [0.717, 1.165) is 9.44 Å². The van der Waals surface area contributed by atoms with Gasteiger partial charge in [-0.3, -0.25) is 14.6 Å². The van der Waals surface area contributed by atoms with Gasteiger partial charge in [-0.2, -0.15) is 0 Å². The number of nitrogens with one attached hydrogen (secondary N) is 2. The SMILES string of the molecule is COc1ccc(NC(=O)C(C)n2c(=O)[nH]c3sc(C)cc3c2=O)cc1Cl. The molecule has 0 spiro atoms. The molecule has 1 aromatic carbocycles. The number of rotatable bonds is 4. The number of ether oxygens (including phenoxy) is 1. The number of hydrogen-bond acceptors (Lipinski definition) is 5. The van der Waals surface area contributed by atoms with E-state index in [2.05, 4.69) is 10.3 Å². The van der Waals surface area contributed by atoms with Crippen molar-refractivity contribution in [2.75, 3.05) is 12.4 Å². The molecule has 1 unspecified atom stereocenters. The number of hydrogen-bond donors (Lipinski definition) is 2. The number of anilines is 1. The quantitative estimate of drug-likeness (QED) is 0.712. The summed E-state index contributed by atoms with van der Waals surface area (Å²) in [5.41, 5.74) is -0.687. The predicted molar refractivity (Wildman–Crippen MR) is 103 cm³/mol. The smallest absolute Gasteiger partial charge is 0.330 e. The molecule has 0 aliphatic rings. The maximum atomic E-state index is 12.6. The van der Waals surface area contributed by atoms with Crippen LogP contribution in [0.15, 0.2) is 33.9 Å². The fourth-order valence-corrected chi connectivity index (χ4v) is 3.76. The van der Waals surface area contributed by atoms with Gasteiger partial charge < -0.3 is 10.1 Å². The predicted octanol–water partition coefficient (Wildman–Crippen LogP) is 2.92. The van der Waals surface area contributed by atoms with Crippen LogP contribution in [-0.2, 0) is 4.79 Å². The monoisotopic (exact) mass is 393 g/mol. The van der Waals surface area contributed by atoms with Crippen LogP contribution in [-0.4, -0.2) is 22.6 Å². The Balaban J connectivity index is 1.94. The normalized spacial score (nSPS) is 12.2. The van der Waals surface area contributed by atoms with Gasteiger partial charge in [0.25, 0.3) is 5.56 Å². The Morgan fingerprint density at radius 1 is 1.35 bits per heavy atom. The Hall–Kier alpha value is -2.58. The molecule has 2 N–H and O–H groups in total. The molecule has 0 radical (unpaired) electrons. The third-order valence-electron chi connectivity index (χ3n) is 3.93. The van der Waals surface area contributed by atoms with Crippen LogP contribution in [0.3, 0.4) is 0 Å². The summed E-state index contributed by atoms with van der Waals surface area (Å²) in [5.74, 6) is -0.0335. The van der Waals surface area contributed by atoms with Crippen LogP contribution in [0.2, 0.25) is 5.02 Å². The largest absolute Gasteiger partial charge is 0.495 e. The van der Waals surface area contributed by atoms with Gasteiger partial charge in [-0.05, 0) is 38.1 Å². The number of aromatic amines is 1. The van der Waals surface area contributed by atoms with Gasteiger partial charge in [-0.1, -0.05) is 11.6 Å². The lowest BCUT2D eigenvalue weighted by Gasteiger charge is -2.15. The Bertz CT molecular complexity index is 1120. The number of fused-ring (bicyclic) bond motifs is 1. The molecule has 3 rings (SSSR count). The van der Waals surface area contributed by atoms with E-state index >= 15 is 0 Å². The molecular formula is C17H16ClN3O4S. The van der Waals surface area contributed by atoms with Gasteiger partial charge >= 0.3 is 5.69 Å². The number of H-pyrrole nitrogens is 1. The van der Waals surface area contributed by atoms with Crippen molar-refractivity contribution in [2.24, 2.45) is 0 Å². The Labute approximate surface area is 157 Å². The third-order valence-corrected chi connectivity index (χ3v) is 5.19. The van der Waals surface area contributed by atoms with Gasteiger partial charge in [0.15, 0.2) is 0 Å². The van der Waals surface area contributed by atoms with Crippen LogP contribution in [0.25, 0.3) is 10.2 Å². The number of benzene rings is 1. The van der Waals surface area contributed by atoms with Crippen molar-refractivity contribution in [3.63, 3.8) is 0 Å². The van der Waals surface area contributed by atoms with E-state index in [1.54, 1.807) is 18.2 Å². The van der Waals surface area contributed by atoms with Crippen LogP contribution in [0.1, 0.15) is 17.8 Å². The molecule has 9 heteroatoms. The first-order valence-corrected chi connectivity index (χ1v) is 8.90. The zero-order valence-electron chi connectivity index (χ0n) is 14.3. The maximum Gasteiger partial charge on any atom is 0.330 e. The second-order valence-electron chi connectivity index (χ2n) is 5.72. The molecule has 1 atom stereocenters. The van der Waals surface area contributed by atoms with Crippen molar-refractivity contribution in [2.45, 2.75) is 19.9 Å². The summed E-state index contributed by atoms with van der Waals surface area (Å²) in [5, 5.41) is 3.38. The standard InChI is InChI=1S/C17H16ClN3O4S/c1-8-6-11-15(26-8)20-17(24)21(16(11)23)9(2)14(22)19-10-4-5-13(25-3)12(18)7-10/h4-7,9H,1-3H3,(H,19,22)(H,20,24). The summed E-state index contributed by atoms with van der Waals surface area (Å²) in [6.45, 7) is 3.33. The van der Waals surface area contributed by atoms with Crippen molar-refractivity contribution >= 4 is 44.7 Å². The highest BCUT2D eigenvalue weighted by molar-refractivity contribution is 7.18. The Morgan fingerprint density at radius 3 is 2.73 bits per heavy atom. The average Bonchev–Trinajstić information content (AvgIpc) is 2.95. The van der Waals surface area contributed by atoms with Gasteiger partial charge in [0.2, 0.25) is 5.91 Å². The summed E-state index contributed by atoms with van der Waals surface area (Å²) < 4.78 is 5.97. The van der Waals surface area contributed by atoms with Gasteiger partial charge in [0.05, 0.1) is 17.5 Å². The second kappa shape index (κ2) is 6.97. The van der Waals surface area contributed by atoms with Crippen LogP contribution < -0.4 is 21.3 Å². The number of carbonyl (C=O) groups is 1. The second-order valence-corrected chi connectivity index (χ2v) is 7.38. The van der Waals surface area contributed by atoms with E-state index in [0.29, 0.717) is 26.7 Å². The molecule has 2 aromatic heterocycles. The van der Waals surface area contributed by atoms with Gasteiger partial charge in [0, 0.05) is 10.6 Å². The van der Waals surface area contributed by atoms with Gasteiger partial charge in [-0.15, -0.1) is 11.3 Å². The zero-order chi connectivity index (χ0) is 19.0. The number of aryl methyl sites for hydroxylation is 1. The Morgan fingerprint density at radius 2 is 2.08 bits per heavy atom. The topological polar surface area (TPSA) is 93.2 Å². The minimum Gasteiger partial charge on any atom is -0.495 e. The summed E-state index contributed by atoms with van der Waals surface area (Å²) >= 11 is 7.36. The molecule has 0 fully saturated rings. The van der Waals surface area contributed by atoms with Crippen LogP contribution >= 0.6 is 22.9 Å². The highest BCUT2D eigenvalue weighted by atomic mass is 35.5. The van der Waals surface area contributed by atoms with Crippen LogP contribution in [0.5, 0.6) is 5.75 Å². The third kappa shape index (κ3) is 3.25. The molecule has 0 bridgehead atoms. The average molecular weight is 394 g/mol. The lowest BCUT2D eigenvalue weighted by molar-refractivity contribution is -0.119. The minimum absolute atomic E-state index is 0.336. The number of nitrogens with zero attached hydrogens (tertiary/aromatic N) is 1. The highest BCUT2D eigenvalue weighted by Gasteiger charge is 2.21. The molecular weight excluding hydrogens is 378 g/mol. The van der Waals surface area contributed by atoms with Crippen LogP contribution in [0, 0.1) is 6.92 Å². The van der Waals surface area contributed by atoms with Crippen molar-refractivity contribution in [1.29, 1.82) is 0 Å². The maximum absolute atomic E-state index is 12.6. The van der Waals surface area contributed by atoms with E-state index < -0.39 is 23.2 Å². The van der Waals surface area contributed by atoms with E-state index in [1.807, 2.05) is 6.92 Å². The molecule has 26 heavy (non-hydrogen) atoms. The molecule has 0 aliphatic carbocycles. The van der Waals surface area contributed by atoms with E-state index in [4.69, 9.17) is 16.3 Å². The summed E-state index contributed by atoms with van der Waals surface area (Å²) in [7, 11) is 1.49. The molecule has 0 saturated heterocycles. The molecule has 2 heterocycles. The van der Waals surface area contributed by atoms with E-state index in [-0.39, 0.29) is 0 Å². The number of carbonyl (C=O) groups excluding carboxylic acids is 1. The summed E-state index contributed by atoms with van der Waals surface area (Å²) in [6.07, 6.45) is 0. The van der Waals surface area contributed by atoms with Crippen molar-refractivity contribution in [3.05, 3.63) is 55.0 Å². The lowest BCUT2D eigenvalue weighted by atomic mass is 10.2. The zero-order valence-corrected chi connectivity index (χ0v) is 15.8. The number of halogens is 1. The molecule has 3 aromatic rings. The fourth-order valence-electron chi connectivity index (χ4n) is 2.61. The molecule has 7 nitrogen and oxygen atoms in total. The number of amides is 1. The molecule has 1 amide bonds. The van der Waals surface area contributed by atoms with Crippen LogP contribution in [0.4, 0.5) is 5.69 Å². The summed E-state index contributed by atoms with van der Waals surface area (Å²) in [6, 6.07) is 5.46. The van der Waals surface area contributed by atoms with Gasteiger partial charge in [-0.25, -0.2) is 9.36 Å². The highest BCUT2D eigenvalue weighted by Crippen LogP contribution is 2.27. The first kappa shape index (κ1) is 18.2. The van der Waals surface area contributed by atoms with Gasteiger partial charge in [0.1, 0.15) is 16.6 Å². The molecule has 0 aliphatic heterocycles. The first-order valence-electron chi connectivity index (χ1n) is 7.71. The number of methoxy groups -OCH3 is 1. The van der Waals surface area contributed by atoms with Crippen molar-refractivity contribution in [3.8, 4) is 5.75 Å². The van der Waals surface area contributed by atoms with Crippen molar-refractivity contribution < 1.29 is 9.53 Å². The fraction of sp³-hybridized carbons (Fsp3) is 0.235. The Kier molecular flexibility index (Phi) is 4.88. The van der Waals surface area contributed by atoms with E-state index in [9.17, 15) is 14.4 Å². The van der Waals surface area contributed by atoms with Crippen molar-refractivity contribution in [1.82, 2.24) is 9.55 Å². The number of aromatic nitrogens is 2. The first-order chi connectivity index (χ1) is 12.3. The van der Waals surface area contributed by atoms with E-state index in [1.165, 1.54) is 31.4 Å². The minimum atomic E-state index is -1.00. The summed E-state index contributed by atoms with van der Waals surface area (Å²) in [4.78, 5) is 41.5. The molecule has 136 valence electrons. The lowest BCUT2D eigenvalue weighted by Crippen LogP contribution is -2.41.